The Hall–Kier alpha value is -4.99. The van der Waals surface area contributed by atoms with Gasteiger partial charge in [0.2, 0.25) is 5.91 Å². The van der Waals surface area contributed by atoms with Crippen LogP contribution in [0.5, 0.6) is 0 Å². The molecule has 0 aromatic heterocycles. The number of carboxylic acids is 1. The maximum Gasteiger partial charge on any atom is 0.407 e. The second-order valence-electron chi connectivity index (χ2n) is 11.8. The summed E-state index contributed by atoms with van der Waals surface area (Å²) in [5.41, 5.74) is 6.45. The lowest BCUT2D eigenvalue weighted by Crippen LogP contribution is -2.57. The number of fused-ring (bicyclic) bond motifs is 3. The molecule has 0 fully saturated rings. The maximum atomic E-state index is 13.6. The van der Waals surface area contributed by atoms with Gasteiger partial charge in [-0.1, -0.05) is 109 Å². The van der Waals surface area contributed by atoms with E-state index in [0.717, 1.165) is 33.4 Å². The summed E-state index contributed by atoms with van der Waals surface area (Å²) in [7, 11) is 3.64. The van der Waals surface area contributed by atoms with Gasteiger partial charge < -0.3 is 20.5 Å². The Bertz CT molecular complexity index is 1590. The number of benzene rings is 4. The molecule has 3 N–H and O–H groups in total. The molecular weight excluding hydrogens is 580 g/mol. The number of nitrogens with zero attached hydrogens (tertiary/aromatic N) is 2. The van der Waals surface area contributed by atoms with E-state index in [1.54, 1.807) is 7.05 Å². The van der Waals surface area contributed by atoms with Crippen molar-refractivity contribution < 1.29 is 24.2 Å². The summed E-state index contributed by atoms with van der Waals surface area (Å²) < 4.78 is 5.73. The van der Waals surface area contributed by atoms with Gasteiger partial charge in [-0.05, 0) is 47.5 Å². The predicted molar refractivity (Wildman–Crippen MR) is 177 cm³/mol. The summed E-state index contributed by atoms with van der Waals surface area (Å²) in [6.07, 6.45) is -0.747. The maximum absolute atomic E-state index is 13.6. The minimum atomic E-state index is -1.19. The van der Waals surface area contributed by atoms with Crippen molar-refractivity contribution in [2.24, 2.45) is 0 Å². The number of hydrogen-bond donors (Lipinski definition) is 3. The van der Waals surface area contributed by atoms with Gasteiger partial charge in [0.15, 0.2) is 0 Å². The number of alkyl carbamates (subject to hydrolysis) is 1. The fraction of sp³-hybridized carbons (Fsp3) is 0.270. The number of carbonyl (C=O) groups excluding carboxylic acids is 2. The van der Waals surface area contributed by atoms with Gasteiger partial charge in [0.25, 0.3) is 0 Å². The van der Waals surface area contributed by atoms with E-state index in [2.05, 4.69) is 22.8 Å². The largest absolute Gasteiger partial charge is 0.480 e. The number of carbonyl (C=O) groups is 3. The van der Waals surface area contributed by atoms with E-state index in [4.69, 9.17) is 4.74 Å². The molecule has 0 saturated heterocycles. The van der Waals surface area contributed by atoms with Crippen LogP contribution in [0, 0.1) is 0 Å². The van der Waals surface area contributed by atoms with Gasteiger partial charge in [-0.2, -0.15) is 0 Å². The van der Waals surface area contributed by atoms with E-state index in [1.807, 2.05) is 114 Å². The lowest BCUT2D eigenvalue weighted by Gasteiger charge is -2.27. The highest BCUT2D eigenvalue weighted by molar-refractivity contribution is 5.89. The molecule has 0 bridgehead atoms. The first-order valence-corrected chi connectivity index (χ1v) is 15.4. The van der Waals surface area contributed by atoms with Crippen molar-refractivity contribution >= 4 is 18.0 Å². The predicted octanol–water partition coefficient (Wildman–Crippen LogP) is 4.73. The van der Waals surface area contributed by atoms with Gasteiger partial charge in [-0.3, -0.25) is 14.6 Å². The average Bonchev–Trinajstić information content (AvgIpc) is 3.37. The van der Waals surface area contributed by atoms with Crippen molar-refractivity contribution in [3.63, 3.8) is 0 Å². The Morgan fingerprint density at radius 1 is 0.674 bits per heavy atom. The Morgan fingerprint density at radius 2 is 1.13 bits per heavy atom. The first kappa shape index (κ1) is 32.4. The monoisotopic (exact) mass is 620 g/mol. The van der Waals surface area contributed by atoms with Crippen LogP contribution in [0.25, 0.3) is 11.1 Å². The summed E-state index contributed by atoms with van der Waals surface area (Å²) >= 11 is 0. The Balaban J connectivity index is 1.26. The topological polar surface area (TPSA) is 111 Å². The average molecular weight is 621 g/mol. The molecule has 0 aliphatic heterocycles. The first-order valence-electron chi connectivity index (χ1n) is 15.4. The zero-order valence-electron chi connectivity index (χ0n) is 26.1. The molecule has 0 heterocycles. The fourth-order valence-electron chi connectivity index (χ4n) is 5.98. The molecule has 0 radical (unpaired) electrons. The standard InChI is InChI=1S/C37H40N4O5/c1-40(21-26-13-5-3-6-14-26)23-33(35(42)38-34(36(43)44)24-41(2)22-27-15-7-4-8-16-27)39-37(45)46-25-32-30-19-11-9-17-28(30)29-18-10-12-20-31(29)32/h3-20,32-34H,21-25H2,1-2H3,(H,38,42)(H,39,45)(H,43,44). The molecule has 9 heteroatoms. The van der Waals surface area contributed by atoms with Crippen LogP contribution in [0.15, 0.2) is 109 Å². The molecule has 2 unspecified atom stereocenters. The summed E-state index contributed by atoms with van der Waals surface area (Å²) in [6.45, 7) is 1.35. The summed E-state index contributed by atoms with van der Waals surface area (Å²) in [6, 6.07) is 33.3. The Labute approximate surface area is 269 Å². The molecule has 0 saturated carbocycles. The third-order valence-electron chi connectivity index (χ3n) is 8.15. The number of hydrogen-bond acceptors (Lipinski definition) is 6. The van der Waals surface area contributed by atoms with E-state index in [9.17, 15) is 19.5 Å². The molecular formula is C37H40N4O5. The third-order valence-corrected chi connectivity index (χ3v) is 8.15. The fourth-order valence-corrected chi connectivity index (χ4v) is 5.98. The van der Waals surface area contributed by atoms with Gasteiger partial charge in [-0.15, -0.1) is 0 Å². The van der Waals surface area contributed by atoms with Gasteiger partial charge in [0.05, 0.1) is 0 Å². The van der Waals surface area contributed by atoms with Crippen LogP contribution in [-0.4, -0.2) is 78.8 Å². The van der Waals surface area contributed by atoms with Crippen LogP contribution in [0.2, 0.25) is 0 Å². The van der Waals surface area contributed by atoms with E-state index in [1.165, 1.54) is 0 Å². The number of rotatable bonds is 14. The smallest absolute Gasteiger partial charge is 0.407 e. The van der Waals surface area contributed by atoms with E-state index < -0.39 is 30.1 Å². The van der Waals surface area contributed by atoms with Crippen molar-refractivity contribution in [2.75, 3.05) is 33.8 Å². The lowest BCUT2D eigenvalue weighted by molar-refractivity contribution is -0.142. The molecule has 238 valence electrons. The number of carboxylic acid groups (broad SMARTS) is 1. The van der Waals surface area contributed by atoms with E-state index in [-0.39, 0.29) is 25.6 Å². The van der Waals surface area contributed by atoms with Gasteiger partial charge in [0, 0.05) is 32.1 Å². The van der Waals surface area contributed by atoms with Crippen molar-refractivity contribution in [3.05, 3.63) is 131 Å². The Kier molecular flexibility index (Phi) is 10.8. The minimum absolute atomic E-state index is 0.0769. The van der Waals surface area contributed by atoms with Crippen molar-refractivity contribution in [3.8, 4) is 11.1 Å². The number of aliphatic carboxylic acids is 1. The summed E-state index contributed by atoms with van der Waals surface area (Å²) in [4.78, 5) is 42.8. The molecule has 46 heavy (non-hydrogen) atoms. The molecule has 0 spiro atoms. The highest BCUT2D eigenvalue weighted by atomic mass is 16.5. The van der Waals surface area contributed by atoms with E-state index in [0.29, 0.717) is 13.1 Å². The van der Waals surface area contributed by atoms with Crippen LogP contribution in [0.3, 0.4) is 0 Å². The highest BCUT2D eigenvalue weighted by Crippen LogP contribution is 2.44. The first-order chi connectivity index (χ1) is 22.3. The van der Waals surface area contributed by atoms with Crippen molar-refractivity contribution in [2.45, 2.75) is 31.1 Å². The normalized spacial score (nSPS) is 13.5. The summed E-state index contributed by atoms with van der Waals surface area (Å²) in [5.74, 6) is -1.90. The second-order valence-corrected chi connectivity index (χ2v) is 11.8. The van der Waals surface area contributed by atoms with Gasteiger partial charge in [-0.25, -0.2) is 9.59 Å². The molecule has 9 nitrogen and oxygen atoms in total. The quantitative estimate of drug-likeness (QED) is 0.187. The number of ether oxygens (including phenoxy) is 1. The molecule has 1 aliphatic rings. The summed E-state index contributed by atoms with van der Waals surface area (Å²) in [5, 5.41) is 15.4. The number of amides is 2. The number of likely N-dealkylation sites (N-methyl/N-ethyl adjacent to an activating group) is 2. The third kappa shape index (κ3) is 8.38. The highest BCUT2D eigenvalue weighted by Gasteiger charge is 2.31. The zero-order valence-corrected chi connectivity index (χ0v) is 26.1. The number of nitrogens with one attached hydrogen (secondary N) is 2. The van der Waals surface area contributed by atoms with Crippen molar-refractivity contribution in [1.29, 1.82) is 0 Å². The molecule has 4 aromatic carbocycles. The minimum Gasteiger partial charge on any atom is -0.480 e. The van der Waals surface area contributed by atoms with Crippen LogP contribution in [-0.2, 0) is 27.4 Å². The molecule has 4 aromatic rings. The van der Waals surface area contributed by atoms with Crippen LogP contribution >= 0.6 is 0 Å². The lowest BCUT2D eigenvalue weighted by atomic mass is 9.98. The van der Waals surface area contributed by atoms with E-state index >= 15 is 0 Å². The van der Waals surface area contributed by atoms with Gasteiger partial charge >= 0.3 is 12.1 Å². The molecule has 2 atom stereocenters. The zero-order chi connectivity index (χ0) is 32.5. The Morgan fingerprint density at radius 3 is 1.63 bits per heavy atom. The molecule has 2 amide bonds. The van der Waals surface area contributed by atoms with Crippen molar-refractivity contribution in [1.82, 2.24) is 20.4 Å². The van der Waals surface area contributed by atoms with Crippen LogP contribution < -0.4 is 10.6 Å². The van der Waals surface area contributed by atoms with Gasteiger partial charge in [0.1, 0.15) is 18.7 Å². The second kappa shape index (κ2) is 15.3. The van der Waals surface area contributed by atoms with Crippen LogP contribution in [0.1, 0.15) is 28.2 Å². The molecule has 5 rings (SSSR count). The SMILES string of the molecule is CN(Cc1ccccc1)CC(NC(=O)C(CN(C)Cc1ccccc1)NC(=O)OCC1c2ccccc2-c2ccccc21)C(=O)O. The molecule has 1 aliphatic carbocycles. The van der Waals surface area contributed by atoms with Crippen LogP contribution in [0.4, 0.5) is 4.79 Å².